The van der Waals surface area contributed by atoms with Crippen LogP contribution in [0.15, 0.2) is 18.2 Å². The van der Waals surface area contributed by atoms with Crippen molar-refractivity contribution in [3.63, 3.8) is 0 Å². The molecular weight excluding hydrogens is 238 g/mol. The van der Waals surface area contributed by atoms with E-state index in [-0.39, 0.29) is 25.2 Å². The average molecular weight is 251 g/mol. The molecule has 0 spiro atoms. The molecule has 0 aliphatic rings. The Bertz CT molecular complexity index is 365. The molecule has 2 nitrogen and oxygen atoms in total. The van der Waals surface area contributed by atoms with Crippen molar-refractivity contribution in [3.8, 4) is 0 Å². The summed E-state index contributed by atoms with van der Waals surface area (Å²) in [7, 11) is 0. The Labute approximate surface area is 96.4 Å². The van der Waals surface area contributed by atoms with Crippen LogP contribution in [0.25, 0.3) is 0 Å². The van der Waals surface area contributed by atoms with Gasteiger partial charge in [-0.2, -0.15) is 13.2 Å². The molecule has 1 aromatic carbocycles. The van der Waals surface area contributed by atoms with Crippen LogP contribution in [0.1, 0.15) is 18.4 Å². The molecule has 96 valence electrons. The van der Waals surface area contributed by atoms with E-state index in [1.165, 1.54) is 12.1 Å². The molecule has 0 unspecified atom stereocenters. The molecule has 17 heavy (non-hydrogen) atoms. The fourth-order valence-corrected chi connectivity index (χ4v) is 1.24. The van der Waals surface area contributed by atoms with E-state index < -0.39 is 18.4 Å². The third-order valence-electron chi connectivity index (χ3n) is 2.08. The summed E-state index contributed by atoms with van der Waals surface area (Å²) in [5.41, 5.74) is 5.92. The van der Waals surface area contributed by atoms with Gasteiger partial charge in [0.2, 0.25) is 0 Å². The van der Waals surface area contributed by atoms with Gasteiger partial charge in [-0.15, -0.1) is 0 Å². The molecule has 0 aromatic heterocycles. The highest BCUT2D eigenvalue weighted by atomic mass is 19.4. The first-order chi connectivity index (χ1) is 7.88. The van der Waals surface area contributed by atoms with Crippen LogP contribution in [-0.2, 0) is 11.3 Å². The van der Waals surface area contributed by atoms with Gasteiger partial charge in [0.1, 0.15) is 5.82 Å². The Morgan fingerprint density at radius 3 is 2.53 bits per heavy atom. The van der Waals surface area contributed by atoms with Crippen LogP contribution in [0, 0.1) is 5.82 Å². The molecule has 0 bridgehead atoms. The number of rotatable bonds is 5. The molecule has 0 heterocycles. The highest BCUT2D eigenvalue weighted by Crippen LogP contribution is 2.21. The number of halogens is 4. The summed E-state index contributed by atoms with van der Waals surface area (Å²) >= 11 is 0. The van der Waals surface area contributed by atoms with Gasteiger partial charge in [-0.3, -0.25) is 0 Å². The van der Waals surface area contributed by atoms with E-state index in [0.717, 1.165) is 6.07 Å². The molecular formula is C11H13F4NO. The van der Waals surface area contributed by atoms with Crippen LogP contribution in [0.2, 0.25) is 0 Å². The predicted molar refractivity (Wildman–Crippen MR) is 55.8 cm³/mol. The number of nitrogen functional groups attached to an aromatic ring is 1. The summed E-state index contributed by atoms with van der Waals surface area (Å²) in [6, 6.07) is 4.11. The minimum absolute atomic E-state index is 0.0516. The fraction of sp³-hybridized carbons (Fsp3) is 0.455. The number of nitrogens with two attached hydrogens (primary N) is 1. The highest BCUT2D eigenvalue weighted by molar-refractivity contribution is 5.40. The molecule has 0 saturated heterocycles. The summed E-state index contributed by atoms with van der Waals surface area (Å²) in [6.07, 6.45) is -5.19. The maximum absolute atomic E-state index is 13.2. The van der Waals surface area contributed by atoms with Crippen LogP contribution in [0.3, 0.4) is 0 Å². The summed E-state index contributed by atoms with van der Waals surface area (Å²) in [5, 5.41) is 0. The smallest absolute Gasteiger partial charge is 0.389 e. The average Bonchev–Trinajstić information content (AvgIpc) is 2.18. The van der Waals surface area contributed by atoms with E-state index in [9.17, 15) is 17.6 Å². The van der Waals surface area contributed by atoms with Crippen molar-refractivity contribution in [2.45, 2.75) is 25.6 Å². The van der Waals surface area contributed by atoms with Gasteiger partial charge in [0.15, 0.2) is 0 Å². The molecule has 2 N–H and O–H groups in total. The molecule has 0 amide bonds. The molecule has 1 rings (SSSR count). The Hall–Kier alpha value is -1.30. The third kappa shape index (κ3) is 5.53. The maximum Gasteiger partial charge on any atom is 0.389 e. The monoisotopic (exact) mass is 251 g/mol. The number of anilines is 1. The lowest BCUT2D eigenvalue weighted by molar-refractivity contribution is -0.138. The molecule has 0 aliphatic heterocycles. The first-order valence-electron chi connectivity index (χ1n) is 5.07. The molecule has 6 heteroatoms. The molecule has 1 aromatic rings. The molecule has 0 aliphatic carbocycles. The van der Waals surface area contributed by atoms with Crippen molar-refractivity contribution in [1.82, 2.24) is 0 Å². The largest absolute Gasteiger partial charge is 0.399 e. The molecule has 0 atom stereocenters. The van der Waals surface area contributed by atoms with E-state index in [1.54, 1.807) is 0 Å². The Kier molecular flexibility index (Phi) is 4.74. The molecule has 0 saturated carbocycles. The zero-order valence-corrected chi connectivity index (χ0v) is 9.06. The Morgan fingerprint density at radius 2 is 1.94 bits per heavy atom. The molecule has 0 fully saturated rings. The van der Waals surface area contributed by atoms with Gasteiger partial charge in [0, 0.05) is 24.3 Å². The van der Waals surface area contributed by atoms with Gasteiger partial charge in [-0.25, -0.2) is 4.39 Å². The minimum atomic E-state index is -4.17. The zero-order valence-electron chi connectivity index (χ0n) is 9.06. The van der Waals surface area contributed by atoms with Gasteiger partial charge in [0.25, 0.3) is 0 Å². The van der Waals surface area contributed by atoms with Crippen LogP contribution in [-0.4, -0.2) is 12.8 Å². The van der Waals surface area contributed by atoms with Crippen molar-refractivity contribution in [2.24, 2.45) is 0 Å². The number of hydrogen-bond donors (Lipinski definition) is 1. The van der Waals surface area contributed by atoms with E-state index in [1.807, 2.05) is 0 Å². The van der Waals surface area contributed by atoms with E-state index in [0.29, 0.717) is 5.69 Å². The van der Waals surface area contributed by atoms with E-state index in [4.69, 9.17) is 10.5 Å². The van der Waals surface area contributed by atoms with Crippen LogP contribution >= 0.6 is 0 Å². The quantitative estimate of drug-likeness (QED) is 0.495. The fourth-order valence-electron chi connectivity index (χ4n) is 1.24. The summed E-state index contributed by atoms with van der Waals surface area (Å²) in [6.45, 7) is -0.104. The van der Waals surface area contributed by atoms with Gasteiger partial charge in [-0.05, 0) is 18.6 Å². The first kappa shape index (κ1) is 13.8. The second kappa shape index (κ2) is 5.86. The van der Waals surface area contributed by atoms with Crippen molar-refractivity contribution in [3.05, 3.63) is 29.6 Å². The predicted octanol–water partition coefficient (Wildman–Crippen LogP) is 3.27. The lowest BCUT2D eigenvalue weighted by atomic mass is 10.2. The highest BCUT2D eigenvalue weighted by Gasteiger charge is 2.25. The van der Waals surface area contributed by atoms with Gasteiger partial charge >= 0.3 is 6.18 Å². The SMILES string of the molecule is Nc1ccc(COCCCC(F)(F)F)c(F)c1. The Morgan fingerprint density at radius 1 is 1.24 bits per heavy atom. The lowest BCUT2D eigenvalue weighted by Crippen LogP contribution is -2.09. The van der Waals surface area contributed by atoms with Crippen molar-refractivity contribution in [2.75, 3.05) is 12.3 Å². The van der Waals surface area contributed by atoms with Gasteiger partial charge in [0.05, 0.1) is 6.61 Å². The van der Waals surface area contributed by atoms with Crippen molar-refractivity contribution >= 4 is 5.69 Å². The first-order valence-corrected chi connectivity index (χ1v) is 5.07. The minimum Gasteiger partial charge on any atom is -0.399 e. The van der Waals surface area contributed by atoms with Crippen LogP contribution in [0.5, 0.6) is 0 Å². The number of benzene rings is 1. The third-order valence-corrected chi connectivity index (χ3v) is 2.08. The topological polar surface area (TPSA) is 35.2 Å². The summed E-state index contributed by atoms with van der Waals surface area (Å²) < 4.78 is 53.5. The van der Waals surface area contributed by atoms with E-state index >= 15 is 0 Å². The number of ether oxygens (including phenoxy) is 1. The van der Waals surface area contributed by atoms with Crippen LogP contribution in [0.4, 0.5) is 23.2 Å². The normalized spacial score (nSPS) is 11.8. The van der Waals surface area contributed by atoms with E-state index in [2.05, 4.69) is 0 Å². The van der Waals surface area contributed by atoms with Gasteiger partial charge in [-0.1, -0.05) is 6.07 Å². The number of hydrogen-bond acceptors (Lipinski definition) is 2. The van der Waals surface area contributed by atoms with Crippen molar-refractivity contribution in [1.29, 1.82) is 0 Å². The maximum atomic E-state index is 13.2. The number of alkyl halides is 3. The molecule has 0 radical (unpaired) electrons. The zero-order chi connectivity index (χ0) is 12.9. The second-order valence-electron chi connectivity index (χ2n) is 3.62. The standard InChI is InChI=1S/C11H13F4NO/c12-10-6-9(16)3-2-8(10)7-17-5-1-4-11(13,14)15/h2-3,6H,1,4-5,7,16H2. The van der Waals surface area contributed by atoms with Gasteiger partial charge < -0.3 is 10.5 Å². The summed E-state index contributed by atoms with van der Waals surface area (Å²) in [4.78, 5) is 0. The van der Waals surface area contributed by atoms with Crippen molar-refractivity contribution < 1.29 is 22.3 Å². The second-order valence-corrected chi connectivity index (χ2v) is 3.62. The Balaban J connectivity index is 2.27. The van der Waals surface area contributed by atoms with Crippen LogP contribution < -0.4 is 5.73 Å². The lowest BCUT2D eigenvalue weighted by Gasteiger charge is -2.07. The summed E-state index contributed by atoms with van der Waals surface area (Å²) in [5.74, 6) is -0.513.